The van der Waals surface area contributed by atoms with E-state index in [4.69, 9.17) is 4.74 Å². The third kappa shape index (κ3) is 10.4. The highest BCUT2D eigenvalue weighted by Crippen LogP contribution is 2.55. The van der Waals surface area contributed by atoms with Crippen LogP contribution in [-0.4, -0.2) is 94.5 Å². The van der Waals surface area contributed by atoms with E-state index in [-0.39, 0.29) is 65.6 Å². The molecule has 0 radical (unpaired) electrons. The van der Waals surface area contributed by atoms with Crippen molar-refractivity contribution in [2.24, 2.45) is 17.8 Å². The van der Waals surface area contributed by atoms with Crippen molar-refractivity contribution in [3.63, 3.8) is 0 Å². The molecule has 0 spiro atoms. The topological polar surface area (TPSA) is 141 Å². The lowest BCUT2D eigenvalue weighted by Gasteiger charge is -2.39. The van der Waals surface area contributed by atoms with Gasteiger partial charge in [-0.3, -0.25) is 24.1 Å². The monoisotopic (exact) mass is 757 g/mol. The molecule has 4 unspecified atom stereocenters. The third-order valence-electron chi connectivity index (χ3n) is 11.3. The van der Waals surface area contributed by atoms with Gasteiger partial charge in [0.25, 0.3) is 5.91 Å². The molecule has 11 nitrogen and oxygen atoms in total. The van der Waals surface area contributed by atoms with Crippen LogP contribution in [0.2, 0.25) is 0 Å². The van der Waals surface area contributed by atoms with Crippen LogP contribution in [0.15, 0.2) is 29.6 Å². The highest BCUT2D eigenvalue weighted by molar-refractivity contribution is 7.09. The maximum absolute atomic E-state index is 14.4. The van der Waals surface area contributed by atoms with Gasteiger partial charge < -0.3 is 25.4 Å². The van der Waals surface area contributed by atoms with E-state index >= 15 is 0 Å². The molecule has 13 heteroatoms. The molecule has 1 aromatic carbocycles. The molecule has 1 aromatic heterocycles. The number of rotatable bonds is 18. The number of aliphatic hydroxyl groups excluding tert-OH is 1. The van der Waals surface area contributed by atoms with Crippen LogP contribution in [0.3, 0.4) is 0 Å². The Hall–Kier alpha value is -3.42. The third-order valence-corrected chi connectivity index (χ3v) is 12.2. The van der Waals surface area contributed by atoms with Crippen LogP contribution in [0.5, 0.6) is 0 Å². The molecular formula is C40H60FN5O6S. The SMILES string of the molecule is CCCN(C(=O)[C@@H](NC(=O)C1CCCCN1C)C(C)CC)C(C[C@@H](O)c1nc(C(=O)NC2(C[C@H](C)C(=O)OC)C[C@@H]2c2ccc(F)cc2)cs1)C(C)C. The summed E-state index contributed by atoms with van der Waals surface area (Å²) in [5.41, 5.74) is 0.261. The molecule has 294 valence electrons. The van der Waals surface area contributed by atoms with Gasteiger partial charge in [-0.25, -0.2) is 9.37 Å². The molecule has 3 amide bonds. The number of halogens is 1. The lowest BCUT2D eigenvalue weighted by Crippen LogP contribution is -2.58. The Labute approximate surface area is 318 Å². The van der Waals surface area contributed by atoms with Crippen LogP contribution in [0, 0.1) is 23.6 Å². The standard InChI is InChI=1S/C40H60FN5O6S/c1-9-18-46(38(50)34(25(5)10-2)43-36(49)31-13-11-12-19-45(31)7)32(24(3)4)20-33(47)37-42-30(23-53-37)35(48)44-40(21-26(6)39(51)52-8)22-29(40)27-14-16-28(41)17-15-27/h14-17,23-26,29,31-34,47H,9-13,18-22H2,1-8H3,(H,43,49)(H,44,48)/t25?,26-,29+,31?,32?,33+,34-,40?/m0/s1. The second kappa shape index (κ2) is 18.8. The van der Waals surface area contributed by atoms with E-state index < -0.39 is 29.5 Å². The van der Waals surface area contributed by atoms with E-state index in [1.165, 1.54) is 30.6 Å². The minimum absolute atomic E-state index is 0.0180. The fourth-order valence-electron chi connectivity index (χ4n) is 7.80. The Kier molecular flexibility index (Phi) is 15.0. The Balaban J connectivity index is 1.50. The summed E-state index contributed by atoms with van der Waals surface area (Å²) >= 11 is 1.18. The molecule has 2 heterocycles. The number of ether oxygens (including phenoxy) is 1. The molecule has 1 saturated heterocycles. The normalized spacial score (nSPS) is 23.0. The molecule has 2 aromatic rings. The van der Waals surface area contributed by atoms with Crippen LogP contribution < -0.4 is 10.6 Å². The molecule has 4 rings (SSSR count). The van der Waals surface area contributed by atoms with Gasteiger partial charge in [-0.05, 0) is 75.2 Å². The number of carbonyl (C=O) groups is 4. The summed E-state index contributed by atoms with van der Waals surface area (Å²) in [4.78, 5) is 62.4. The first-order chi connectivity index (χ1) is 25.2. The zero-order valence-corrected chi connectivity index (χ0v) is 33.5. The number of nitrogens with one attached hydrogen (secondary N) is 2. The zero-order chi connectivity index (χ0) is 39.0. The Morgan fingerprint density at radius 3 is 2.43 bits per heavy atom. The molecule has 8 atom stereocenters. The number of hydrogen-bond acceptors (Lipinski definition) is 9. The number of likely N-dealkylation sites (N-methyl/N-ethyl adjacent to an activating group) is 1. The van der Waals surface area contributed by atoms with Crippen LogP contribution in [0.1, 0.15) is 126 Å². The summed E-state index contributed by atoms with van der Waals surface area (Å²) in [5, 5.41) is 19.8. The number of aliphatic hydroxyl groups is 1. The number of thiazole rings is 1. The summed E-state index contributed by atoms with van der Waals surface area (Å²) in [6, 6.07) is 4.84. The molecule has 3 N–H and O–H groups in total. The maximum atomic E-state index is 14.4. The fourth-order valence-corrected chi connectivity index (χ4v) is 8.60. The van der Waals surface area contributed by atoms with Gasteiger partial charge in [0, 0.05) is 35.8 Å². The van der Waals surface area contributed by atoms with Gasteiger partial charge in [0.05, 0.1) is 19.1 Å². The number of carbonyl (C=O) groups excluding carboxylic acids is 4. The lowest BCUT2D eigenvalue weighted by atomic mass is 9.92. The highest BCUT2D eigenvalue weighted by atomic mass is 32.1. The summed E-state index contributed by atoms with van der Waals surface area (Å²) < 4.78 is 18.6. The predicted molar refractivity (Wildman–Crippen MR) is 204 cm³/mol. The van der Waals surface area contributed by atoms with Gasteiger partial charge in [-0.1, -0.05) is 66.5 Å². The van der Waals surface area contributed by atoms with E-state index in [9.17, 15) is 28.7 Å². The number of hydrogen-bond donors (Lipinski definition) is 3. The quantitative estimate of drug-likeness (QED) is 0.161. The second-order valence-corrected chi connectivity index (χ2v) is 16.5. The first-order valence-electron chi connectivity index (χ1n) is 19.3. The summed E-state index contributed by atoms with van der Waals surface area (Å²) in [7, 11) is 3.29. The Bertz CT molecular complexity index is 1550. The van der Waals surface area contributed by atoms with E-state index in [0.717, 1.165) is 31.4 Å². The number of esters is 1. The lowest BCUT2D eigenvalue weighted by molar-refractivity contribution is -0.145. The van der Waals surface area contributed by atoms with Crippen molar-refractivity contribution in [1.29, 1.82) is 0 Å². The van der Waals surface area contributed by atoms with Gasteiger partial charge in [0.1, 0.15) is 28.7 Å². The van der Waals surface area contributed by atoms with Crippen molar-refractivity contribution in [3.05, 3.63) is 51.7 Å². The number of methoxy groups -OCH3 is 1. The van der Waals surface area contributed by atoms with Gasteiger partial charge in [-0.2, -0.15) is 0 Å². The molecule has 2 aliphatic rings. The van der Waals surface area contributed by atoms with E-state index in [0.29, 0.717) is 37.2 Å². The van der Waals surface area contributed by atoms with Crippen molar-refractivity contribution >= 4 is 35.0 Å². The molecule has 1 aliphatic heterocycles. The van der Waals surface area contributed by atoms with Crippen LogP contribution >= 0.6 is 11.3 Å². The average molecular weight is 758 g/mol. The fraction of sp³-hybridized carbons (Fsp3) is 0.675. The average Bonchev–Trinajstić information content (AvgIpc) is 3.57. The highest BCUT2D eigenvalue weighted by Gasteiger charge is 2.57. The number of benzene rings is 1. The van der Waals surface area contributed by atoms with Crippen molar-refractivity contribution in [2.45, 2.75) is 129 Å². The Morgan fingerprint density at radius 1 is 1.13 bits per heavy atom. The molecule has 53 heavy (non-hydrogen) atoms. The predicted octanol–water partition coefficient (Wildman–Crippen LogP) is 5.84. The first-order valence-corrected chi connectivity index (χ1v) is 20.1. The number of nitrogens with zero attached hydrogens (tertiary/aromatic N) is 3. The van der Waals surface area contributed by atoms with Crippen LogP contribution in [0.4, 0.5) is 4.39 Å². The summed E-state index contributed by atoms with van der Waals surface area (Å²) in [6.07, 6.45) is 4.27. The van der Waals surface area contributed by atoms with E-state index in [1.807, 2.05) is 46.6 Å². The molecule has 0 bridgehead atoms. The van der Waals surface area contributed by atoms with Crippen molar-refractivity contribution in [2.75, 3.05) is 27.2 Å². The van der Waals surface area contributed by atoms with Crippen molar-refractivity contribution < 1.29 is 33.4 Å². The van der Waals surface area contributed by atoms with Gasteiger partial charge in [0.15, 0.2) is 0 Å². The molecule has 1 aliphatic carbocycles. The smallest absolute Gasteiger partial charge is 0.308 e. The number of piperidine rings is 1. The Morgan fingerprint density at radius 2 is 1.83 bits per heavy atom. The van der Waals surface area contributed by atoms with Crippen LogP contribution in [-0.2, 0) is 19.1 Å². The van der Waals surface area contributed by atoms with Crippen molar-refractivity contribution in [1.82, 2.24) is 25.4 Å². The number of amides is 3. The first kappa shape index (κ1) is 42.3. The number of likely N-dealkylation sites (tertiary alicyclic amines) is 1. The van der Waals surface area contributed by atoms with Gasteiger partial charge >= 0.3 is 5.97 Å². The summed E-state index contributed by atoms with van der Waals surface area (Å²) in [5.74, 6) is -2.15. The molecule has 1 saturated carbocycles. The summed E-state index contributed by atoms with van der Waals surface area (Å²) in [6.45, 7) is 13.1. The minimum Gasteiger partial charge on any atom is -0.469 e. The van der Waals surface area contributed by atoms with E-state index in [1.54, 1.807) is 24.4 Å². The van der Waals surface area contributed by atoms with Gasteiger partial charge in [-0.15, -0.1) is 11.3 Å². The zero-order valence-electron chi connectivity index (χ0n) is 32.7. The minimum atomic E-state index is -1.05. The van der Waals surface area contributed by atoms with Crippen LogP contribution in [0.25, 0.3) is 0 Å². The largest absolute Gasteiger partial charge is 0.469 e. The number of aromatic nitrogens is 1. The van der Waals surface area contributed by atoms with Crippen molar-refractivity contribution in [3.8, 4) is 0 Å². The molecule has 2 fully saturated rings. The second-order valence-electron chi connectivity index (χ2n) is 15.6. The maximum Gasteiger partial charge on any atom is 0.308 e. The molecular weight excluding hydrogens is 698 g/mol. The van der Waals surface area contributed by atoms with E-state index in [2.05, 4.69) is 20.5 Å². The van der Waals surface area contributed by atoms with Gasteiger partial charge in [0.2, 0.25) is 11.8 Å².